The summed E-state index contributed by atoms with van der Waals surface area (Å²) < 4.78 is 24.0. The van der Waals surface area contributed by atoms with Gasteiger partial charge in [0.1, 0.15) is 5.69 Å². The molecule has 0 aliphatic carbocycles. The largest absolute Gasteiger partial charge is 0.393 e. The van der Waals surface area contributed by atoms with Crippen molar-refractivity contribution >= 4 is 15.5 Å². The molecule has 0 bridgehead atoms. The molecule has 0 aromatic carbocycles. The van der Waals surface area contributed by atoms with Gasteiger partial charge in [0.2, 0.25) is 0 Å². The summed E-state index contributed by atoms with van der Waals surface area (Å²) in [6, 6.07) is 0. The van der Waals surface area contributed by atoms with Crippen molar-refractivity contribution in [2.24, 2.45) is 0 Å². The Balaban J connectivity index is 2.86. The number of nitrogens with one attached hydrogen (secondary N) is 1. The highest BCUT2D eigenvalue weighted by molar-refractivity contribution is 7.91. The average Bonchev–Trinajstić information content (AvgIpc) is 2.55. The Kier molecular flexibility index (Phi) is 4.39. The fourth-order valence-electron chi connectivity index (χ4n) is 1.52. The van der Waals surface area contributed by atoms with E-state index in [4.69, 9.17) is 5.73 Å². The number of hydrogen-bond acceptors (Lipinski definition) is 4. The molecule has 1 aromatic heterocycles. The molecule has 0 saturated heterocycles. The van der Waals surface area contributed by atoms with Gasteiger partial charge in [-0.25, -0.2) is 8.42 Å². The lowest BCUT2D eigenvalue weighted by atomic mass is 10.2. The number of rotatable bonds is 6. The predicted molar refractivity (Wildman–Crippen MR) is 67.8 cm³/mol. The fourth-order valence-corrected chi connectivity index (χ4v) is 2.27. The highest BCUT2D eigenvalue weighted by Gasteiger charge is 2.13. The first-order valence-corrected chi connectivity index (χ1v) is 7.51. The Labute approximate surface area is 101 Å². The quantitative estimate of drug-likeness (QED) is 0.761. The van der Waals surface area contributed by atoms with Crippen LogP contribution in [0.25, 0.3) is 0 Å². The highest BCUT2D eigenvalue weighted by atomic mass is 32.2. The van der Waals surface area contributed by atoms with Gasteiger partial charge in [-0.3, -0.25) is 14.6 Å². The van der Waals surface area contributed by atoms with Gasteiger partial charge in [-0.2, -0.15) is 0 Å². The van der Waals surface area contributed by atoms with E-state index in [1.165, 1.54) is 4.68 Å². The zero-order valence-corrected chi connectivity index (χ0v) is 11.0. The first-order valence-electron chi connectivity index (χ1n) is 5.68. The van der Waals surface area contributed by atoms with E-state index in [0.717, 1.165) is 6.42 Å². The van der Waals surface area contributed by atoms with Gasteiger partial charge in [-0.05, 0) is 6.42 Å². The molecule has 0 amide bonds. The van der Waals surface area contributed by atoms with Gasteiger partial charge in [0.25, 0.3) is 5.56 Å². The van der Waals surface area contributed by atoms with E-state index in [9.17, 15) is 13.2 Å². The Morgan fingerprint density at radius 2 is 2.00 bits per heavy atom. The summed E-state index contributed by atoms with van der Waals surface area (Å²) in [5.41, 5.74) is 6.20. The van der Waals surface area contributed by atoms with Crippen LogP contribution in [0.15, 0.2) is 4.79 Å². The standard InChI is InChI=1S/C10H19N3O3S/c1-3-5-8-9(11)10(14)13(12-8)6-7-17(15,16)4-2/h12H,3-7,11H2,1-2H3. The van der Waals surface area contributed by atoms with Gasteiger partial charge in [0.05, 0.1) is 18.0 Å². The maximum Gasteiger partial charge on any atom is 0.289 e. The van der Waals surface area contributed by atoms with Gasteiger partial charge in [-0.15, -0.1) is 0 Å². The van der Waals surface area contributed by atoms with E-state index in [1.807, 2.05) is 6.92 Å². The molecule has 0 atom stereocenters. The summed E-state index contributed by atoms with van der Waals surface area (Å²) in [4.78, 5) is 11.7. The summed E-state index contributed by atoms with van der Waals surface area (Å²) >= 11 is 0. The second kappa shape index (κ2) is 5.39. The number of nitrogen functional groups attached to an aromatic ring is 1. The second-order valence-corrected chi connectivity index (χ2v) is 6.42. The van der Waals surface area contributed by atoms with Gasteiger partial charge in [0, 0.05) is 5.75 Å². The number of anilines is 1. The van der Waals surface area contributed by atoms with Crippen molar-refractivity contribution in [3.05, 3.63) is 16.0 Å². The fraction of sp³-hybridized carbons (Fsp3) is 0.700. The second-order valence-electron chi connectivity index (χ2n) is 3.95. The van der Waals surface area contributed by atoms with Gasteiger partial charge >= 0.3 is 0 Å². The molecule has 1 rings (SSSR count). The van der Waals surface area contributed by atoms with E-state index in [0.29, 0.717) is 12.1 Å². The van der Waals surface area contributed by atoms with Crippen LogP contribution in [0.5, 0.6) is 0 Å². The zero-order valence-electron chi connectivity index (χ0n) is 10.2. The van der Waals surface area contributed by atoms with Crippen molar-refractivity contribution in [2.75, 3.05) is 17.2 Å². The molecular weight excluding hydrogens is 242 g/mol. The van der Waals surface area contributed by atoms with E-state index < -0.39 is 9.84 Å². The summed E-state index contributed by atoms with van der Waals surface area (Å²) in [5.74, 6) is 0.0364. The molecule has 3 N–H and O–H groups in total. The third-order valence-electron chi connectivity index (χ3n) is 2.64. The molecule has 1 aromatic rings. The van der Waals surface area contributed by atoms with E-state index in [2.05, 4.69) is 5.10 Å². The molecule has 0 unspecified atom stereocenters. The number of hydrogen-bond donors (Lipinski definition) is 2. The molecule has 0 radical (unpaired) electrons. The summed E-state index contributed by atoms with van der Waals surface area (Å²) in [7, 11) is -3.07. The lowest BCUT2D eigenvalue weighted by Crippen LogP contribution is -2.23. The Morgan fingerprint density at radius 3 is 2.53 bits per heavy atom. The van der Waals surface area contributed by atoms with Crippen LogP contribution in [0.4, 0.5) is 5.69 Å². The Bertz CT molecular complexity index is 527. The smallest absolute Gasteiger partial charge is 0.289 e. The van der Waals surface area contributed by atoms with Crippen LogP contribution in [0.1, 0.15) is 26.0 Å². The molecule has 17 heavy (non-hydrogen) atoms. The molecule has 6 nitrogen and oxygen atoms in total. The molecule has 0 spiro atoms. The minimum atomic E-state index is -3.07. The summed E-state index contributed by atoms with van der Waals surface area (Å²) in [6.07, 6.45) is 1.56. The van der Waals surface area contributed by atoms with Crippen molar-refractivity contribution in [2.45, 2.75) is 33.2 Å². The van der Waals surface area contributed by atoms with Crippen LogP contribution in [0.2, 0.25) is 0 Å². The maximum atomic E-state index is 11.7. The number of aryl methyl sites for hydroxylation is 2. The molecule has 0 saturated carbocycles. The number of H-pyrrole nitrogens is 1. The molecule has 1 heterocycles. The van der Waals surface area contributed by atoms with Crippen LogP contribution in [0, 0.1) is 0 Å². The summed E-state index contributed by atoms with van der Waals surface area (Å²) in [6.45, 7) is 3.70. The highest BCUT2D eigenvalue weighted by Crippen LogP contribution is 2.06. The third-order valence-corrected chi connectivity index (χ3v) is 4.32. The van der Waals surface area contributed by atoms with Crippen molar-refractivity contribution in [1.82, 2.24) is 9.78 Å². The lowest BCUT2D eigenvalue weighted by molar-refractivity contribution is 0.575. The van der Waals surface area contributed by atoms with Crippen LogP contribution < -0.4 is 11.3 Å². The Hall–Kier alpha value is -1.24. The normalized spacial score (nSPS) is 11.9. The number of aromatic amines is 1. The van der Waals surface area contributed by atoms with E-state index >= 15 is 0 Å². The minimum Gasteiger partial charge on any atom is -0.393 e. The maximum absolute atomic E-state index is 11.7. The molecule has 0 aliphatic rings. The monoisotopic (exact) mass is 261 g/mol. The Morgan fingerprint density at radius 1 is 1.35 bits per heavy atom. The van der Waals surface area contributed by atoms with Crippen molar-refractivity contribution in [3.8, 4) is 0 Å². The molecule has 0 aliphatic heterocycles. The molecule has 98 valence electrons. The van der Waals surface area contributed by atoms with E-state index in [-0.39, 0.29) is 29.3 Å². The number of aromatic nitrogens is 2. The predicted octanol–water partition coefficient (Wildman–Crippen LogP) is 0.146. The van der Waals surface area contributed by atoms with Gasteiger partial charge in [-0.1, -0.05) is 20.3 Å². The van der Waals surface area contributed by atoms with Crippen LogP contribution >= 0.6 is 0 Å². The van der Waals surface area contributed by atoms with Crippen molar-refractivity contribution in [1.29, 1.82) is 0 Å². The SMILES string of the molecule is CCCc1[nH]n(CCS(=O)(=O)CC)c(=O)c1N. The first-order chi connectivity index (χ1) is 7.91. The van der Waals surface area contributed by atoms with Crippen molar-refractivity contribution < 1.29 is 8.42 Å². The van der Waals surface area contributed by atoms with Gasteiger partial charge in [0.15, 0.2) is 9.84 Å². The number of sulfone groups is 1. The lowest BCUT2D eigenvalue weighted by Gasteiger charge is -2.02. The third kappa shape index (κ3) is 3.36. The zero-order chi connectivity index (χ0) is 13.1. The van der Waals surface area contributed by atoms with Crippen molar-refractivity contribution in [3.63, 3.8) is 0 Å². The summed E-state index contributed by atoms with van der Waals surface area (Å²) in [5, 5.41) is 2.86. The van der Waals surface area contributed by atoms with Crippen LogP contribution in [-0.4, -0.2) is 29.7 Å². The molecule has 7 heteroatoms. The first kappa shape index (κ1) is 13.8. The molecular formula is C10H19N3O3S. The average molecular weight is 261 g/mol. The van der Waals surface area contributed by atoms with Crippen LogP contribution in [0.3, 0.4) is 0 Å². The number of nitrogens with zero attached hydrogens (tertiary/aromatic N) is 1. The number of nitrogens with two attached hydrogens (primary N) is 1. The minimum absolute atomic E-state index is 0.0467. The van der Waals surface area contributed by atoms with E-state index in [1.54, 1.807) is 6.92 Å². The molecule has 0 fully saturated rings. The van der Waals surface area contributed by atoms with Gasteiger partial charge < -0.3 is 5.73 Å². The topological polar surface area (TPSA) is 98.0 Å². The van der Waals surface area contributed by atoms with Crippen LogP contribution in [-0.2, 0) is 22.8 Å².